The molecule has 1 heterocycles. The second-order valence-corrected chi connectivity index (χ2v) is 8.06. The van der Waals surface area contributed by atoms with Crippen LogP contribution in [0, 0.1) is 0 Å². The van der Waals surface area contributed by atoms with Crippen molar-refractivity contribution in [3.8, 4) is 0 Å². The van der Waals surface area contributed by atoms with Crippen molar-refractivity contribution in [1.29, 1.82) is 0 Å². The molecule has 0 saturated heterocycles. The molecule has 0 aliphatic rings. The van der Waals surface area contributed by atoms with Gasteiger partial charge in [-0.05, 0) is 29.7 Å². The number of carbonyl (C=O) groups is 1. The molecule has 9 heteroatoms. The molecule has 0 radical (unpaired) electrons. The van der Waals surface area contributed by atoms with Gasteiger partial charge < -0.3 is 25.3 Å². The molecule has 0 aliphatic carbocycles. The zero-order chi connectivity index (χ0) is 20.3. The Balaban J connectivity index is 1.81. The third-order valence-corrected chi connectivity index (χ3v) is 4.86. The Bertz CT molecular complexity index is 1110. The van der Waals surface area contributed by atoms with Gasteiger partial charge in [0.1, 0.15) is 5.58 Å². The Hall–Kier alpha value is -2.77. The Labute approximate surface area is 160 Å². The summed E-state index contributed by atoms with van der Waals surface area (Å²) < 4.78 is 16.4. The number of nitrogens with two attached hydrogens (primary N) is 1. The van der Waals surface area contributed by atoms with Crippen molar-refractivity contribution in [2.24, 2.45) is 5.73 Å². The number of fused-ring (bicyclic) bond motifs is 1. The molecule has 0 spiro atoms. The zero-order valence-corrected chi connectivity index (χ0v) is 15.6. The van der Waals surface area contributed by atoms with Crippen LogP contribution < -0.4 is 16.7 Å². The highest BCUT2D eigenvalue weighted by molar-refractivity contribution is 7.50. The van der Waals surface area contributed by atoms with Crippen molar-refractivity contribution in [2.45, 2.75) is 18.6 Å². The first kappa shape index (κ1) is 20.0. The van der Waals surface area contributed by atoms with Gasteiger partial charge in [-0.3, -0.25) is 9.36 Å². The maximum Gasteiger partial charge on any atom is 0.336 e. The topological polar surface area (TPSA) is 143 Å². The van der Waals surface area contributed by atoms with E-state index in [4.69, 9.17) is 10.2 Å². The van der Waals surface area contributed by atoms with Crippen molar-refractivity contribution in [2.75, 3.05) is 5.32 Å². The van der Waals surface area contributed by atoms with Gasteiger partial charge in [0.15, 0.2) is 0 Å². The van der Waals surface area contributed by atoms with Crippen molar-refractivity contribution < 1.29 is 23.6 Å². The number of benzene rings is 2. The molecule has 2 aromatic carbocycles. The lowest BCUT2D eigenvalue weighted by atomic mass is 10.1. The van der Waals surface area contributed by atoms with Crippen LogP contribution in [0.4, 0.5) is 5.69 Å². The molecule has 1 aromatic heterocycles. The number of anilines is 1. The smallest absolute Gasteiger partial charge is 0.336 e. The number of hydrogen-bond donors (Lipinski definition) is 4. The molecule has 3 rings (SSSR count). The van der Waals surface area contributed by atoms with Gasteiger partial charge in [-0.2, -0.15) is 0 Å². The molecule has 0 aliphatic heterocycles. The van der Waals surface area contributed by atoms with Gasteiger partial charge in [0.05, 0.1) is 12.2 Å². The number of carbonyl (C=O) groups excluding carboxylic acids is 1. The fourth-order valence-corrected chi connectivity index (χ4v) is 3.56. The van der Waals surface area contributed by atoms with Crippen LogP contribution in [0.25, 0.3) is 11.0 Å². The Morgan fingerprint density at radius 3 is 2.54 bits per heavy atom. The average molecular weight is 402 g/mol. The quantitative estimate of drug-likeness (QED) is 0.365. The lowest BCUT2D eigenvalue weighted by Gasteiger charge is -2.13. The van der Waals surface area contributed by atoms with E-state index in [1.54, 1.807) is 6.07 Å². The van der Waals surface area contributed by atoms with Crippen molar-refractivity contribution in [1.82, 2.24) is 0 Å². The third kappa shape index (κ3) is 5.15. The molecule has 0 unspecified atom stereocenters. The Morgan fingerprint density at radius 1 is 1.14 bits per heavy atom. The molecule has 5 N–H and O–H groups in total. The summed E-state index contributed by atoms with van der Waals surface area (Å²) >= 11 is 0. The number of amides is 1. The van der Waals surface area contributed by atoms with Crippen LogP contribution >= 0.6 is 7.60 Å². The van der Waals surface area contributed by atoms with E-state index in [0.29, 0.717) is 17.5 Å². The van der Waals surface area contributed by atoms with Crippen molar-refractivity contribution >= 4 is 30.2 Å². The van der Waals surface area contributed by atoms with Gasteiger partial charge in [-0.25, -0.2) is 4.79 Å². The van der Waals surface area contributed by atoms with E-state index in [0.717, 1.165) is 11.6 Å². The summed E-state index contributed by atoms with van der Waals surface area (Å²) in [5.41, 5.74) is 6.80. The standard InChI is InChI=1S/C19H19N2O6P/c20-16(8-12-4-2-1-3-5-12)19(23)21-14-6-7-15-13(11-28(24,25)26)9-18(22)27-17(15)10-14/h1-7,9-10,16H,8,11,20H2,(H,21,23)(H2,24,25,26)/t16-/m0/s1. The van der Waals surface area contributed by atoms with Gasteiger partial charge >= 0.3 is 13.2 Å². The SMILES string of the molecule is N[C@@H](Cc1ccccc1)C(=O)Nc1ccc2c(CP(=O)(O)O)cc(=O)oc2c1. The minimum absolute atomic E-state index is 0.116. The highest BCUT2D eigenvalue weighted by Gasteiger charge is 2.19. The predicted octanol–water partition coefficient (Wildman–Crippen LogP) is 1.98. The van der Waals surface area contributed by atoms with Gasteiger partial charge in [0.25, 0.3) is 0 Å². The van der Waals surface area contributed by atoms with E-state index < -0.39 is 31.3 Å². The van der Waals surface area contributed by atoms with Crippen molar-refractivity contribution in [3.05, 3.63) is 76.1 Å². The highest BCUT2D eigenvalue weighted by Crippen LogP contribution is 2.40. The lowest BCUT2D eigenvalue weighted by Crippen LogP contribution is -2.37. The second-order valence-electron chi connectivity index (χ2n) is 6.41. The first-order valence-electron chi connectivity index (χ1n) is 8.43. The molecule has 3 aromatic rings. The largest absolute Gasteiger partial charge is 0.423 e. The average Bonchev–Trinajstić information content (AvgIpc) is 2.60. The maximum absolute atomic E-state index is 12.3. The first-order valence-corrected chi connectivity index (χ1v) is 10.2. The summed E-state index contributed by atoms with van der Waals surface area (Å²) in [6, 6.07) is 14.1. The van der Waals surface area contributed by atoms with Crippen LogP contribution in [-0.4, -0.2) is 21.7 Å². The fourth-order valence-electron chi connectivity index (χ4n) is 2.86. The summed E-state index contributed by atoms with van der Waals surface area (Å²) in [5.74, 6) is -0.406. The number of hydrogen-bond acceptors (Lipinski definition) is 5. The number of nitrogens with one attached hydrogen (secondary N) is 1. The predicted molar refractivity (Wildman–Crippen MR) is 105 cm³/mol. The van der Waals surface area contributed by atoms with Crippen LogP contribution in [0.2, 0.25) is 0 Å². The first-order chi connectivity index (χ1) is 13.2. The van der Waals surface area contributed by atoms with E-state index in [1.807, 2.05) is 30.3 Å². The van der Waals surface area contributed by atoms with Crippen LogP contribution in [0.1, 0.15) is 11.1 Å². The summed E-state index contributed by atoms with van der Waals surface area (Å²) in [5, 5.41) is 3.05. The molecule has 8 nitrogen and oxygen atoms in total. The highest BCUT2D eigenvalue weighted by atomic mass is 31.2. The normalized spacial score (nSPS) is 12.7. The van der Waals surface area contributed by atoms with Crippen LogP contribution in [0.15, 0.2) is 63.8 Å². The van der Waals surface area contributed by atoms with E-state index >= 15 is 0 Å². The number of rotatable bonds is 6. The van der Waals surface area contributed by atoms with E-state index in [9.17, 15) is 23.9 Å². The summed E-state index contributed by atoms with van der Waals surface area (Å²) in [6.45, 7) is 0. The molecule has 1 atom stereocenters. The van der Waals surface area contributed by atoms with Crippen LogP contribution in [0.5, 0.6) is 0 Å². The summed E-state index contributed by atoms with van der Waals surface area (Å²) in [7, 11) is -4.36. The van der Waals surface area contributed by atoms with Crippen LogP contribution in [-0.2, 0) is 21.9 Å². The van der Waals surface area contributed by atoms with Gasteiger partial charge in [0.2, 0.25) is 5.91 Å². The molecule has 0 fully saturated rings. The van der Waals surface area contributed by atoms with Crippen LogP contribution in [0.3, 0.4) is 0 Å². The Morgan fingerprint density at radius 2 is 1.86 bits per heavy atom. The van der Waals surface area contributed by atoms with E-state index in [1.165, 1.54) is 12.1 Å². The maximum atomic E-state index is 12.3. The van der Waals surface area contributed by atoms with E-state index in [2.05, 4.69) is 5.32 Å². The Kier molecular flexibility index (Phi) is 5.76. The molecular weight excluding hydrogens is 383 g/mol. The summed E-state index contributed by atoms with van der Waals surface area (Å²) in [4.78, 5) is 42.4. The second kappa shape index (κ2) is 8.08. The summed E-state index contributed by atoms with van der Waals surface area (Å²) in [6.07, 6.45) is -0.218. The van der Waals surface area contributed by atoms with Gasteiger partial charge in [0, 0.05) is 23.2 Å². The lowest BCUT2D eigenvalue weighted by molar-refractivity contribution is -0.117. The molecule has 146 valence electrons. The monoisotopic (exact) mass is 402 g/mol. The van der Waals surface area contributed by atoms with Crippen molar-refractivity contribution in [3.63, 3.8) is 0 Å². The van der Waals surface area contributed by atoms with Gasteiger partial charge in [-0.15, -0.1) is 0 Å². The molecule has 0 saturated carbocycles. The molecule has 1 amide bonds. The molecule has 0 bridgehead atoms. The van der Waals surface area contributed by atoms with Gasteiger partial charge in [-0.1, -0.05) is 30.3 Å². The minimum Gasteiger partial charge on any atom is -0.423 e. The minimum atomic E-state index is -4.36. The van der Waals surface area contributed by atoms with E-state index in [-0.39, 0.29) is 11.1 Å². The zero-order valence-electron chi connectivity index (χ0n) is 14.7. The fraction of sp³-hybridized carbons (Fsp3) is 0.158. The third-order valence-electron chi connectivity index (χ3n) is 4.11. The molecular formula is C19H19N2O6P. The molecule has 28 heavy (non-hydrogen) atoms.